The fraction of sp³-hybridized carbons (Fsp3) is 1.00. The average Bonchev–Trinajstić information content (AvgIpc) is 2.53. The Kier molecular flexibility index (Phi) is 14.7. The van der Waals surface area contributed by atoms with Gasteiger partial charge in [-0.15, -0.1) is 0 Å². The van der Waals surface area contributed by atoms with E-state index in [1.54, 1.807) is 0 Å². The van der Waals surface area contributed by atoms with E-state index < -0.39 is 0 Å². The summed E-state index contributed by atoms with van der Waals surface area (Å²) < 4.78 is 0. The van der Waals surface area contributed by atoms with E-state index in [9.17, 15) is 10.2 Å². The van der Waals surface area contributed by atoms with Crippen LogP contribution in [0.2, 0.25) is 0 Å². The second-order valence-electron chi connectivity index (χ2n) is 10.5. The summed E-state index contributed by atoms with van der Waals surface area (Å²) in [5, 5.41) is 18.7. The van der Waals surface area contributed by atoms with Crippen molar-refractivity contribution in [3.05, 3.63) is 0 Å². The molecule has 0 aromatic rings. The third-order valence-electron chi connectivity index (χ3n) is 5.08. The zero-order valence-electron chi connectivity index (χ0n) is 19.4. The molecule has 4 heteroatoms. The van der Waals surface area contributed by atoms with Crippen LogP contribution >= 0.6 is 0 Å². The van der Waals surface area contributed by atoms with Gasteiger partial charge in [0.15, 0.2) is 0 Å². The molecule has 0 aliphatic rings. The Bertz CT molecular complexity index is 302. The summed E-state index contributed by atoms with van der Waals surface area (Å²) in [6, 6.07) is 0. The fourth-order valence-corrected chi connectivity index (χ4v) is 3.45. The maximum Gasteiger partial charge on any atom is 0.0558 e. The topological polar surface area (TPSA) is 46.9 Å². The molecule has 2 N–H and O–H groups in total. The van der Waals surface area contributed by atoms with Gasteiger partial charge in [0.05, 0.1) is 13.2 Å². The molecule has 0 fully saturated rings. The van der Waals surface area contributed by atoms with Gasteiger partial charge in [-0.05, 0) is 69.1 Å². The quantitative estimate of drug-likeness (QED) is 0.386. The number of aliphatic hydroxyl groups excluding tert-OH is 2. The number of nitrogens with zero attached hydrogens (tertiary/aromatic N) is 2. The summed E-state index contributed by atoms with van der Waals surface area (Å²) in [6.45, 7) is 20.1. The summed E-state index contributed by atoms with van der Waals surface area (Å²) in [5.74, 6) is 0. The summed E-state index contributed by atoms with van der Waals surface area (Å²) in [7, 11) is 0. The van der Waals surface area contributed by atoms with Crippen LogP contribution in [0.15, 0.2) is 0 Å². The molecule has 0 unspecified atom stereocenters. The first-order chi connectivity index (χ1) is 12.6. The average molecular weight is 387 g/mol. The van der Waals surface area contributed by atoms with Crippen LogP contribution in [0.3, 0.4) is 0 Å². The lowest BCUT2D eigenvalue weighted by atomic mass is 9.90. The van der Waals surface area contributed by atoms with Crippen LogP contribution in [0, 0.1) is 10.8 Å². The molecular weight excluding hydrogens is 336 g/mol. The minimum atomic E-state index is 0.242. The van der Waals surface area contributed by atoms with E-state index in [2.05, 4.69) is 51.3 Å². The van der Waals surface area contributed by atoms with E-state index >= 15 is 0 Å². The molecule has 0 aromatic heterocycles. The summed E-state index contributed by atoms with van der Waals surface area (Å²) in [5.41, 5.74) is 0.833. The monoisotopic (exact) mass is 386 g/mol. The zero-order chi connectivity index (χ0) is 20.8. The van der Waals surface area contributed by atoms with Crippen molar-refractivity contribution < 1.29 is 10.2 Å². The van der Waals surface area contributed by atoms with E-state index in [1.807, 2.05) is 0 Å². The Labute approximate surface area is 170 Å². The van der Waals surface area contributed by atoms with E-state index in [0.717, 1.165) is 45.7 Å². The molecule has 0 amide bonds. The van der Waals surface area contributed by atoms with Gasteiger partial charge < -0.3 is 20.0 Å². The first-order valence-corrected chi connectivity index (χ1v) is 11.2. The zero-order valence-corrected chi connectivity index (χ0v) is 19.4. The van der Waals surface area contributed by atoms with Gasteiger partial charge in [0, 0.05) is 13.1 Å². The Morgan fingerprint density at radius 1 is 0.481 bits per heavy atom. The second kappa shape index (κ2) is 14.8. The van der Waals surface area contributed by atoms with Crippen LogP contribution in [0.5, 0.6) is 0 Å². The predicted octanol–water partition coefficient (Wildman–Crippen LogP) is 4.40. The molecule has 164 valence electrons. The maximum atomic E-state index is 9.34. The fourth-order valence-electron chi connectivity index (χ4n) is 3.45. The van der Waals surface area contributed by atoms with Gasteiger partial charge >= 0.3 is 0 Å². The standard InChI is InChI=1S/C23H50N2O2/c1-22(2,3)12-7-9-14-24(18-20-26)16-11-17-25(19-21-27)15-10-8-13-23(4,5)6/h26-27H,7-21H2,1-6H3. The highest BCUT2D eigenvalue weighted by atomic mass is 16.3. The van der Waals surface area contributed by atoms with Crippen LogP contribution in [-0.2, 0) is 0 Å². The minimum Gasteiger partial charge on any atom is -0.395 e. The highest BCUT2D eigenvalue weighted by Gasteiger charge is 2.12. The molecule has 0 radical (unpaired) electrons. The molecule has 0 rings (SSSR count). The number of rotatable bonds is 16. The van der Waals surface area contributed by atoms with Crippen molar-refractivity contribution >= 4 is 0 Å². The molecule has 0 heterocycles. The minimum absolute atomic E-state index is 0.242. The lowest BCUT2D eigenvalue weighted by Crippen LogP contribution is -2.34. The van der Waals surface area contributed by atoms with Gasteiger partial charge in [0.2, 0.25) is 0 Å². The molecule has 27 heavy (non-hydrogen) atoms. The van der Waals surface area contributed by atoms with Crippen LogP contribution in [-0.4, -0.2) is 72.5 Å². The number of unbranched alkanes of at least 4 members (excludes halogenated alkanes) is 2. The largest absolute Gasteiger partial charge is 0.395 e. The molecule has 0 aromatic carbocycles. The lowest BCUT2D eigenvalue weighted by molar-refractivity contribution is 0.164. The van der Waals surface area contributed by atoms with Crippen molar-refractivity contribution in [1.82, 2.24) is 9.80 Å². The molecule has 0 aliphatic heterocycles. The molecule has 0 saturated heterocycles. The molecule has 4 nitrogen and oxygen atoms in total. The normalized spacial score (nSPS) is 13.1. The van der Waals surface area contributed by atoms with Gasteiger partial charge in [0.1, 0.15) is 0 Å². The summed E-state index contributed by atoms with van der Waals surface area (Å²) in [4.78, 5) is 4.80. The second-order valence-corrected chi connectivity index (χ2v) is 10.5. The van der Waals surface area contributed by atoms with Crippen molar-refractivity contribution in [3.63, 3.8) is 0 Å². The maximum absolute atomic E-state index is 9.34. The van der Waals surface area contributed by atoms with Gasteiger partial charge in [-0.3, -0.25) is 0 Å². The van der Waals surface area contributed by atoms with Gasteiger partial charge in [-0.25, -0.2) is 0 Å². The molecule has 0 atom stereocenters. The highest BCUT2D eigenvalue weighted by Crippen LogP contribution is 2.22. The van der Waals surface area contributed by atoms with Gasteiger partial charge in [0.25, 0.3) is 0 Å². The molecule has 0 spiro atoms. The molecular formula is C23H50N2O2. The molecule has 0 saturated carbocycles. The van der Waals surface area contributed by atoms with Gasteiger partial charge in [-0.1, -0.05) is 54.4 Å². The lowest BCUT2D eigenvalue weighted by Gasteiger charge is -2.26. The Morgan fingerprint density at radius 2 is 0.815 bits per heavy atom. The molecule has 0 bridgehead atoms. The van der Waals surface area contributed by atoms with Crippen LogP contribution in [0.4, 0.5) is 0 Å². The Morgan fingerprint density at radius 3 is 1.11 bits per heavy atom. The van der Waals surface area contributed by atoms with E-state index in [-0.39, 0.29) is 13.2 Å². The number of hydrogen-bond acceptors (Lipinski definition) is 4. The predicted molar refractivity (Wildman–Crippen MR) is 118 cm³/mol. The van der Waals surface area contributed by atoms with Crippen molar-refractivity contribution in [3.8, 4) is 0 Å². The number of aliphatic hydroxyl groups is 2. The van der Waals surface area contributed by atoms with Gasteiger partial charge in [-0.2, -0.15) is 0 Å². The third-order valence-corrected chi connectivity index (χ3v) is 5.08. The smallest absolute Gasteiger partial charge is 0.0558 e. The first kappa shape index (κ1) is 26.8. The highest BCUT2D eigenvalue weighted by molar-refractivity contribution is 4.66. The Balaban J connectivity index is 4.07. The summed E-state index contributed by atoms with van der Waals surface area (Å²) in [6.07, 6.45) is 8.58. The SMILES string of the molecule is CC(C)(C)CCCCN(CCO)CCCN(CCO)CCCCC(C)(C)C. The Hall–Kier alpha value is -0.160. The van der Waals surface area contributed by atoms with Crippen LogP contribution in [0.25, 0.3) is 0 Å². The van der Waals surface area contributed by atoms with E-state index in [4.69, 9.17) is 0 Å². The molecule has 0 aliphatic carbocycles. The number of hydrogen-bond donors (Lipinski definition) is 2. The first-order valence-electron chi connectivity index (χ1n) is 11.2. The van der Waals surface area contributed by atoms with Crippen molar-refractivity contribution in [2.24, 2.45) is 10.8 Å². The third kappa shape index (κ3) is 18.9. The van der Waals surface area contributed by atoms with Crippen molar-refractivity contribution in [1.29, 1.82) is 0 Å². The van der Waals surface area contributed by atoms with Crippen LogP contribution in [0.1, 0.15) is 86.5 Å². The summed E-state index contributed by atoms with van der Waals surface area (Å²) >= 11 is 0. The van der Waals surface area contributed by atoms with E-state index in [1.165, 1.54) is 38.5 Å². The van der Waals surface area contributed by atoms with Crippen LogP contribution < -0.4 is 0 Å². The van der Waals surface area contributed by atoms with Crippen molar-refractivity contribution in [2.45, 2.75) is 86.5 Å². The van der Waals surface area contributed by atoms with E-state index in [0.29, 0.717) is 10.8 Å². The van der Waals surface area contributed by atoms with Crippen molar-refractivity contribution in [2.75, 3.05) is 52.5 Å².